The summed E-state index contributed by atoms with van der Waals surface area (Å²) in [5, 5.41) is 7.88. The molecule has 1 aliphatic rings. The average Bonchev–Trinajstić information content (AvgIpc) is 3.08. The molecule has 0 amide bonds. The van der Waals surface area contributed by atoms with E-state index in [2.05, 4.69) is 74.6 Å². The van der Waals surface area contributed by atoms with Gasteiger partial charge in [0.2, 0.25) is 0 Å². The van der Waals surface area contributed by atoms with Crippen molar-refractivity contribution in [3.8, 4) is 0 Å². The molecule has 1 aromatic heterocycles. The molecule has 0 saturated carbocycles. The summed E-state index contributed by atoms with van der Waals surface area (Å²) in [5.74, 6) is 0.854. The Morgan fingerprint density at radius 2 is 1.83 bits per heavy atom. The van der Waals surface area contributed by atoms with E-state index in [0.29, 0.717) is 0 Å². The van der Waals surface area contributed by atoms with Crippen LogP contribution in [0.1, 0.15) is 28.4 Å². The number of guanidine groups is 1. The highest BCUT2D eigenvalue weighted by Crippen LogP contribution is 2.16. The number of thiazole rings is 1. The summed E-state index contributed by atoms with van der Waals surface area (Å²) < 4.78 is 0. The number of nitrogens with zero attached hydrogens (tertiary/aromatic N) is 4. The first-order valence-electron chi connectivity index (χ1n) is 10.6. The minimum Gasteiger partial charge on any atom is -0.369 e. The molecule has 0 spiro atoms. The van der Waals surface area contributed by atoms with Gasteiger partial charge in [-0.1, -0.05) is 18.2 Å². The third kappa shape index (κ3) is 6.72. The van der Waals surface area contributed by atoms with E-state index < -0.39 is 0 Å². The number of nitrogens with one attached hydrogen (secondary N) is 2. The van der Waals surface area contributed by atoms with Gasteiger partial charge in [-0.15, -0.1) is 11.3 Å². The van der Waals surface area contributed by atoms with Gasteiger partial charge in [-0.25, -0.2) is 4.98 Å². The van der Waals surface area contributed by atoms with Crippen LogP contribution in [0.25, 0.3) is 0 Å². The maximum atomic E-state index is 4.57. The first-order valence-corrected chi connectivity index (χ1v) is 11.4. The number of aliphatic imine (C=N–C) groups is 1. The first-order chi connectivity index (χ1) is 14.2. The van der Waals surface area contributed by atoms with Crippen molar-refractivity contribution in [1.82, 2.24) is 20.5 Å². The number of aromatic nitrogens is 1. The monoisotopic (exact) mass is 414 g/mol. The lowest BCUT2D eigenvalue weighted by Gasteiger charge is -2.36. The summed E-state index contributed by atoms with van der Waals surface area (Å²) in [7, 11) is 1.82. The third-order valence-electron chi connectivity index (χ3n) is 5.39. The highest BCUT2D eigenvalue weighted by atomic mass is 32.1. The topological polar surface area (TPSA) is 55.8 Å². The predicted molar refractivity (Wildman–Crippen MR) is 124 cm³/mol. The molecular weight excluding hydrogens is 380 g/mol. The van der Waals surface area contributed by atoms with Crippen LogP contribution in [-0.4, -0.2) is 62.2 Å². The second kappa shape index (κ2) is 11.2. The molecular formula is C22H34N6S. The van der Waals surface area contributed by atoms with Crippen LogP contribution < -0.4 is 15.5 Å². The number of hydrogen-bond acceptors (Lipinski definition) is 5. The number of aryl methyl sites for hydroxylation is 2. The van der Waals surface area contributed by atoms with E-state index in [0.717, 1.165) is 62.4 Å². The normalized spacial score (nSPS) is 15.6. The van der Waals surface area contributed by atoms with Crippen molar-refractivity contribution < 1.29 is 0 Å². The molecule has 1 fully saturated rings. The summed E-state index contributed by atoms with van der Waals surface area (Å²) in [4.78, 5) is 15.2. The number of unbranched alkanes of at least 4 members (excludes halogenated alkanes) is 1. The van der Waals surface area contributed by atoms with E-state index in [1.807, 2.05) is 7.05 Å². The van der Waals surface area contributed by atoms with Crippen LogP contribution in [0.15, 0.2) is 35.3 Å². The number of piperazine rings is 1. The number of rotatable bonds is 8. The third-order valence-corrected chi connectivity index (χ3v) is 6.46. The smallest absolute Gasteiger partial charge is 0.191 e. The minimum absolute atomic E-state index is 0.727. The van der Waals surface area contributed by atoms with Crippen molar-refractivity contribution in [2.45, 2.75) is 33.2 Å². The molecule has 2 heterocycles. The molecule has 1 aromatic carbocycles. The molecule has 7 heteroatoms. The molecule has 158 valence electrons. The second-order valence-electron chi connectivity index (χ2n) is 7.47. The summed E-state index contributed by atoms with van der Waals surface area (Å²) in [6, 6.07) is 10.7. The summed E-state index contributed by atoms with van der Waals surface area (Å²) in [5.41, 5.74) is 2.47. The molecule has 2 N–H and O–H groups in total. The second-order valence-corrected chi connectivity index (χ2v) is 8.76. The maximum absolute atomic E-state index is 4.57. The molecule has 1 aliphatic heterocycles. The number of hydrogen-bond donors (Lipinski definition) is 2. The first kappa shape index (κ1) is 21.6. The summed E-state index contributed by atoms with van der Waals surface area (Å²) >= 11 is 1.75. The summed E-state index contributed by atoms with van der Waals surface area (Å²) in [6.45, 7) is 11.6. The van der Waals surface area contributed by atoms with Gasteiger partial charge in [-0.05, 0) is 45.4 Å². The van der Waals surface area contributed by atoms with Crippen LogP contribution in [0.3, 0.4) is 0 Å². The molecule has 0 unspecified atom stereocenters. The van der Waals surface area contributed by atoms with Gasteiger partial charge in [-0.2, -0.15) is 0 Å². The van der Waals surface area contributed by atoms with Crippen molar-refractivity contribution in [3.63, 3.8) is 0 Å². The summed E-state index contributed by atoms with van der Waals surface area (Å²) in [6.07, 6.45) is 2.36. The Bertz CT molecular complexity index is 745. The lowest BCUT2D eigenvalue weighted by atomic mass is 10.2. The lowest BCUT2D eigenvalue weighted by Crippen LogP contribution is -2.46. The largest absolute Gasteiger partial charge is 0.369 e. The van der Waals surface area contributed by atoms with E-state index in [9.17, 15) is 0 Å². The quantitative estimate of drug-likeness (QED) is 0.395. The fourth-order valence-electron chi connectivity index (χ4n) is 3.53. The highest BCUT2D eigenvalue weighted by molar-refractivity contribution is 7.11. The van der Waals surface area contributed by atoms with Crippen molar-refractivity contribution >= 4 is 23.0 Å². The zero-order valence-electron chi connectivity index (χ0n) is 17.9. The van der Waals surface area contributed by atoms with Gasteiger partial charge in [0.05, 0.1) is 12.2 Å². The standard InChI is InChI=1S/C22H34N6S/c1-18-19(2)29-21(26-18)17-25-22(23-3)24-11-7-8-12-27-13-15-28(16-14-27)20-9-5-4-6-10-20/h4-6,9-10H,7-8,11-17H2,1-3H3,(H2,23,24,25). The van der Waals surface area contributed by atoms with Crippen LogP contribution in [0.2, 0.25) is 0 Å². The fourth-order valence-corrected chi connectivity index (χ4v) is 4.40. The zero-order valence-corrected chi connectivity index (χ0v) is 18.8. The SMILES string of the molecule is CN=C(NCCCCN1CCN(c2ccccc2)CC1)NCc1nc(C)c(C)s1. The van der Waals surface area contributed by atoms with Crippen LogP contribution >= 0.6 is 11.3 Å². The van der Waals surface area contributed by atoms with Crippen molar-refractivity contribution in [3.05, 3.63) is 45.9 Å². The van der Waals surface area contributed by atoms with Crippen LogP contribution in [0, 0.1) is 13.8 Å². The Kier molecular flexibility index (Phi) is 8.31. The van der Waals surface area contributed by atoms with Gasteiger partial charge in [0, 0.05) is 50.3 Å². The van der Waals surface area contributed by atoms with Gasteiger partial charge in [0.15, 0.2) is 5.96 Å². The lowest BCUT2D eigenvalue weighted by molar-refractivity contribution is 0.253. The Hall–Kier alpha value is -2.12. The molecule has 3 rings (SSSR count). The molecule has 2 aromatic rings. The molecule has 0 radical (unpaired) electrons. The Morgan fingerprint density at radius 3 is 2.48 bits per heavy atom. The Morgan fingerprint density at radius 1 is 1.07 bits per heavy atom. The number of para-hydroxylation sites is 1. The molecule has 29 heavy (non-hydrogen) atoms. The maximum Gasteiger partial charge on any atom is 0.191 e. The van der Waals surface area contributed by atoms with Crippen molar-refractivity contribution in [2.24, 2.45) is 4.99 Å². The predicted octanol–water partition coefficient (Wildman–Crippen LogP) is 3.03. The number of anilines is 1. The van der Waals surface area contributed by atoms with Gasteiger partial charge in [0.25, 0.3) is 0 Å². The Balaban J connectivity index is 1.26. The fraction of sp³-hybridized carbons (Fsp3) is 0.545. The van der Waals surface area contributed by atoms with Crippen LogP contribution in [-0.2, 0) is 6.54 Å². The molecule has 0 atom stereocenters. The highest BCUT2D eigenvalue weighted by Gasteiger charge is 2.16. The number of benzene rings is 1. The van der Waals surface area contributed by atoms with Gasteiger partial charge >= 0.3 is 0 Å². The van der Waals surface area contributed by atoms with E-state index in [-0.39, 0.29) is 0 Å². The van der Waals surface area contributed by atoms with E-state index >= 15 is 0 Å². The van der Waals surface area contributed by atoms with E-state index in [1.165, 1.54) is 23.5 Å². The van der Waals surface area contributed by atoms with Crippen LogP contribution in [0.4, 0.5) is 5.69 Å². The van der Waals surface area contributed by atoms with Gasteiger partial charge in [-0.3, -0.25) is 9.89 Å². The average molecular weight is 415 g/mol. The molecule has 0 bridgehead atoms. The van der Waals surface area contributed by atoms with Gasteiger partial charge in [0.1, 0.15) is 5.01 Å². The van der Waals surface area contributed by atoms with E-state index in [4.69, 9.17) is 0 Å². The van der Waals surface area contributed by atoms with Crippen LogP contribution in [0.5, 0.6) is 0 Å². The molecule has 0 aliphatic carbocycles. The molecule has 6 nitrogen and oxygen atoms in total. The van der Waals surface area contributed by atoms with Crippen molar-refractivity contribution in [2.75, 3.05) is 51.2 Å². The van der Waals surface area contributed by atoms with Crippen molar-refractivity contribution in [1.29, 1.82) is 0 Å². The zero-order chi connectivity index (χ0) is 20.5. The Labute approximate surface area is 179 Å². The minimum atomic E-state index is 0.727. The van der Waals surface area contributed by atoms with Gasteiger partial charge < -0.3 is 15.5 Å². The van der Waals surface area contributed by atoms with E-state index in [1.54, 1.807) is 11.3 Å². The molecule has 1 saturated heterocycles.